The molecule has 0 saturated heterocycles. The summed E-state index contributed by atoms with van der Waals surface area (Å²) in [5, 5.41) is 6.87. The van der Waals surface area contributed by atoms with Gasteiger partial charge in [-0.25, -0.2) is 4.98 Å². The third kappa shape index (κ3) is 3.80. The molecule has 0 radical (unpaired) electrons. The molecule has 0 spiro atoms. The van der Waals surface area contributed by atoms with Crippen LogP contribution in [0.3, 0.4) is 0 Å². The van der Waals surface area contributed by atoms with E-state index in [1.165, 1.54) is 0 Å². The fourth-order valence-electron chi connectivity index (χ4n) is 3.23. The lowest BCUT2D eigenvalue weighted by Crippen LogP contribution is -2.31. The molecule has 4 rings (SSSR count). The third-order valence-corrected chi connectivity index (χ3v) is 4.76. The molecule has 1 atom stereocenters. The van der Waals surface area contributed by atoms with Crippen LogP contribution in [0.5, 0.6) is 5.75 Å². The minimum absolute atomic E-state index is 0.234. The second-order valence-corrected chi connectivity index (χ2v) is 6.77. The minimum atomic E-state index is -0.480. The van der Waals surface area contributed by atoms with Crippen LogP contribution in [0.25, 0.3) is 11.5 Å². The van der Waals surface area contributed by atoms with E-state index in [0.717, 1.165) is 11.1 Å². The van der Waals surface area contributed by atoms with Crippen molar-refractivity contribution in [3.63, 3.8) is 0 Å². The number of para-hydroxylation sites is 1. The van der Waals surface area contributed by atoms with Crippen molar-refractivity contribution in [2.75, 3.05) is 7.11 Å². The standard InChI is InChI=1S/C22H21N5O3/c1-14-24-22(30-26-14)16-10-8-15(9-11-16)21(28)25-19(20-23-12-13-27(20)2)17-6-4-5-7-18(17)29-3/h4-13,19H,1-3H3,(H,25,28). The summed E-state index contributed by atoms with van der Waals surface area (Å²) in [5.74, 6) is 2.11. The van der Waals surface area contributed by atoms with Gasteiger partial charge in [0.2, 0.25) is 0 Å². The minimum Gasteiger partial charge on any atom is -0.496 e. The molecule has 2 aromatic heterocycles. The van der Waals surface area contributed by atoms with Gasteiger partial charge in [0, 0.05) is 36.1 Å². The van der Waals surface area contributed by atoms with Gasteiger partial charge in [0.05, 0.1) is 7.11 Å². The number of hydrogen-bond acceptors (Lipinski definition) is 6. The Morgan fingerprint density at radius 2 is 1.93 bits per heavy atom. The number of nitrogens with zero attached hydrogens (tertiary/aromatic N) is 4. The predicted molar refractivity (Wildman–Crippen MR) is 110 cm³/mol. The predicted octanol–water partition coefficient (Wildman–Crippen LogP) is 3.31. The molecule has 0 bridgehead atoms. The van der Waals surface area contributed by atoms with Gasteiger partial charge in [-0.2, -0.15) is 4.98 Å². The summed E-state index contributed by atoms with van der Waals surface area (Å²) in [6.07, 6.45) is 3.54. The SMILES string of the molecule is COc1ccccc1C(NC(=O)c1ccc(-c2nc(C)no2)cc1)c1nccn1C. The van der Waals surface area contributed by atoms with Crippen molar-refractivity contribution < 1.29 is 14.1 Å². The summed E-state index contributed by atoms with van der Waals surface area (Å²) in [7, 11) is 3.49. The highest BCUT2D eigenvalue weighted by Crippen LogP contribution is 2.29. The number of carbonyl (C=O) groups excluding carboxylic acids is 1. The van der Waals surface area contributed by atoms with Crippen LogP contribution in [-0.2, 0) is 7.05 Å². The van der Waals surface area contributed by atoms with Crippen LogP contribution in [-0.4, -0.2) is 32.7 Å². The third-order valence-electron chi connectivity index (χ3n) is 4.76. The lowest BCUT2D eigenvalue weighted by molar-refractivity contribution is 0.0941. The lowest BCUT2D eigenvalue weighted by Gasteiger charge is -2.21. The Hall–Kier alpha value is -3.94. The smallest absolute Gasteiger partial charge is 0.257 e. The maximum atomic E-state index is 13.0. The summed E-state index contributed by atoms with van der Waals surface area (Å²) >= 11 is 0. The lowest BCUT2D eigenvalue weighted by atomic mass is 10.0. The molecule has 0 fully saturated rings. The molecule has 2 aromatic carbocycles. The zero-order valence-electron chi connectivity index (χ0n) is 16.9. The molecule has 0 aliphatic heterocycles. The van der Waals surface area contributed by atoms with Gasteiger partial charge in [-0.05, 0) is 37.3 Å². The topological polar surface area (TPSA) is 95.1 Å². The van der Waals surface area contributed by atoms with Crippen LogP contribution in [0, 0.1) is 6.92 Å². The van der Waals surface area contributed by atoms with Gasteiger partial charge in [0.1, 0.15) is 17.6 Å². The van der Waals surface area contributed by atoms with E-state index in [2.05, 4.69) is 20.4 Å². The van der Waals surface area contributed by atoms with Crippen molar-refractivity contribution in [3.05, 3.63) is 83.7 Å². The summed E-state index contributed by atoms with van der Waals surface area (Å²) in [6.45, 7) is 1.75. The van der Waals surface area contributed by atoms with Crippen molar-refractivity contribution in [1.82, 2.24) is 25.0 Å². The molecule has 0 aliphatic rings. The number of imidazole rings is 1. The Kier molecular flexibility index (Phi) is 5.30. The first kappa shape index (κ1) is 19.4. The van der Waals surface area contributed by atoms with Crippen LogP contribution in [0.1, 0.15) is 33.6 Å². The van der Waals surface area contributed by atoms with Gasteiger partial charge in [-0.3, -0.25) is 4.79 Å². The highest BCUT2D eigenvalue weighted by molar-refractivity contribution is 5.95. The van der Waals surface area contributed by atoms with Gasteiger partial charge in [-0.15, -0.1) is 0 Å². The van der Waals surface area contributed by atoms with E-state index in [0.29, 0.717) is 28.9 Å². The fraction of sp³-hybridized carbons (Fsp3) is 0.182. The van der Waals surface area contributed by atoms with Crippen LogP contribution < -0.4 is 10.1 Å². The van der Waals surface area contributed by atoms with Crippen molar-refractivity contribution in [2.45, 2.75) is 13.0 Å². The van der Waals surface area contributed by atoms with E-state index >= 15 is 0 Å². The fourth-order valence-corrected chi connectivity index (χ4v) is 3.23. The molecule has 1 amide bonds. The number of aryl methyl sites for hydroxylation is 2. The van der Waals surface area contributed by atoms with Crippen molar-refractivity contribution in [2.24, 2.45) is 7.05 Å². The van der Waals surface area contributed by atoms with Crippen molar-refractivity contribution in [1.29, 1.82) is 0 Å². The number of hydrogen-bond donors (Lipinski definition) is 1. The Labute approximate surface area is 173 Å². The quantitative estimate of drug-likeness (QED) is 0.531. The molecule has 30 heavy (non-hydrogen) atoms. The van der Waals surface area contributed by atoms with Crippen molar-refractivity contribution >= 4 is 5.91 Å². The first-order valence-electron chi connectivity index (χ1n) is 9.38. The summed E-state index contributed by atoms with van der Waals surface area (Å²) in [4.78, 5) is 21.7. The summed E-state index contributed by atoms with van der Waals surface area (Å²) < 4.78 is 12.6. The first-order chi connectivity index (χ1) is 14.6. The van der Waals surface area contributed by atoms with E-state index in [4.69, 9.17) is 9.26 Å². The average Bonchev–Trinajstić information content (AvgIpc) is 3.40. The molecular formula is C22H21N5O3. The van der Waals surface area contributed by atoms with E-state index in [1.54, 1.807) is 44.5 Å². The molecule has 4 aromatic rings. The summed E-state index contributed by atoms with van der Waals surface area (Å²) in [6, 6.07) is 14.1. The maximum absolute atomic E-state index is 13.0. The largest absolute Gasteiger partial charge is 0.496 e. The average molecular weight is 403 g/mol. The van der Waals surface area contributed by atoms with Gasteiger partial charge in [0.15, 0.2) is 5.82 Å². The zero-order valence-corrected chi connectivity index (χ0v) is 16.9. The molecule has 8 nitrogen and oxygen atoms in total. The van der Waals surface area contributed by atoms with Crippen LogP contribution in [0.4, 0.5) is 0 Å². The Bertz CT molecular complexity index is 1160. The number of benzene rings is 2. The second kappa shape index (κ2) is 8.20. The van der Waals surface area contributed by atoms with Crippen LogP contribution in [0.2, 0.25) is 0 Å². The Morgan fingerprint density at radius 1 is 1.17 bits per heavy atom. The van der Waals surface area contributed by atoms with Gasteiger partial charge in [-0.1, -0.05) is 23.4 Å². The monoisotopic (exact) mass is 403 g/mol. The molecule has 0 aliphatic carbocycles. The number of carbonyl (C=O) groups is 1. The normalized spacial score (nSPS) is 11.8. The number of amides is 1. The highest BCUT2D eigenvalue weighted by Gasteiger charge is 2.24. The number of methoxy groups -OCH3 is 1. The van der Waals surface area contributed by atoms with Gasteiger partial charge >= 0.3 is 0 Å². The van der Waals surface area contributed by atoms with E-state index in [9.17, 15) is 4.79 Å². The first-order valence-corrected chi connectivity index (χ1v) is 9.38. The maximum Gasteiger partial charge on any atom is 0.257 e. The molecule has 8 heteroatoms. The van der Waals surface area contributed by atoms with E-state index < -0.39 is 6.04 Å². The van der Waals surface area contributed by atoms with E-state index in [1.807, 2.05) is 42.1 Å². The summed E-state index contributed by atoms with van der Waals surface area (Å²) in [5.41, 5.74) is 2.07. The number of rotatable bonds is 6. The van der Waals surface area contributed by atoms with Crippen molar-refractivity contribution in [3.8, 4) is 17.2 Å². The molecule has 0 saturated carbocycles. The Balaban J connectivity index is 1.63. The molecule has 152 valence electrons. The van der Waals surface area contributed by atoms with Gasteiger partial charge < -0.3 is 19.1 Å². The van der Waals surface area contributed by atoms with Crippen LogP contribution in [0.15, 0.2) is 65.4 Å². The molecular weight excluding hydrogens is 382 g/mol. The van der Waals surface area contributed by atoms with E-state index in [-0.39, 0.29) is 5.91 Å². The number of ether oxygens (including phenoxy) is 1. The zero-order chi connectivity index (χ0) is 21.1. The highest BCUT2D eigenvalue weighted by atomic mass is 16.5. The molecule has 2 heterocycles. The Morgan fingerprint density at radius 3 is 2.57 bits per heavy atom. The molecule has 1 unspecified atom stereocenters. The van der Waals surface area contributed by atoms with Crippen LogP contribution >= 0.6 is 0 Å². The second-order valence-electron chi connectivity index (χ2n) is 6.77. The van der Waals surface area contributed by atoms with Gasteiger partial charge in [0.25, 0.3) is 11.8 Å². The number of nitrogens with one attached hydrogen (secondary N) is 1. The number of aromatic nitrogens is 4. The molecule has 1 N–H and O–H groups in total.